The zero-order valence-corrected chi connectivity index (χ0v) is 17.5. The van der Waals surface area contributed by atoms with E-state index in [1.165, 1.54) is 8.99 Å². The highest BCUT2D eigenvalue weighted by molar-refractivity contribution is 7.92. The van der Waals surface area contributed by atoms with Crippen LogP contribution in [0.1, 0.15) is 18.2 Å². The van der Waals surface area contributed by atoms with Gasteiger partial charge in [-0.25, -0.2) is 13.1 Å². The van der Waals surface area contributed by atoms with Crippen molar-refractivity contribution in [3.63, 3.8) is 0 Å². The zero-order chi connectivity index (χ0) is 20.5. The minimum Gasteiger partial charge on any atom is -0.283 e. The van der Waals surface area contributed by atoms with Gasteiger partial charge in [-0.3, -0.25) is 13.8 Å². The number of anilines is 1. The molecular formula is C20H22ClN3O3S. The van der Waals surface area contributed by atoms with Gasteiger partial charge in [-0.15, -0.1) is 0 Å². The largest absolute Gasteiger partial charge is 0.296 e. The Morgan fingerprint density at radius 2 is 1.75 bits per heavy atom. The first kappa shape index (κ1) is 20.2. The van der Waals surface area contributed by atoms with Crippen molar-refractivity contribution in [1.82, 2.24) is 9.36 Å². The summed E-state index contributed by atoms with van der Waals surface area (Å²) in [5.74, 6) is -0.118. The molecule has 8 heteroatoms. The number of aromatic nitrogens is 2. The Morgan fingerprint density at radius 1 is 1.07 bits per heavy atom. The smallest absolute Gasteiger partial charge is 0.283 e. The topological polar surface area (TPSA) is 64.3 Å². The van der Waals surface area contributed by atoms with Gasteiger partial charge in [0.2, 0.25) is 10.0 Å². The summed E-state index contributed by atoms with van der Waals surface area (Å²) < 4.78 is 30.1. The Bertz CT molecular complexity index is 1150. The lowest BCUT2D eigenvalue weighted by Crippen LogP contribution is -2.35. The third kappa shape index (κ3) is 3.72. The summed E-state index contributed by atoms with van der Waals surface area (Å²) in [6.07, 6.45) is 0. The summed E-state index contributed by atoms with van der Waals surface area (Å²) >= 11 is 6.06. The molecule has 3 rings (SSSR count). The van der Waals surface area contributed by atoms with Gasteiger partial charge in [0.1, 0.15) is 5.69 Å². The molecule has 0 bridgehead atoms. The van der Waals surface area contributed by atoms with Crippen LogP contribution < -0.4 is 9.86 Å². The van der Waals surface area contributed by atoms with Crippen molar-refractivity contribution < 1.29 is 8.42 Å². The number of rotatable bonds is 6. The Labute approximate surface area is 169 Å². The molecule has 0 amide bonds. The van der Waals surface area contributed by atoms with E-state index in [1.807, 2.05) is 18.2 Å². The first-order chi connectivity index (χ1) is 13.3. The van der Waals surface area contributed by atoms with Gasteiger partial charge in [-0.1, -0.05) is 41.9 Å². The Balaban J connectivity index is 2.20. The monoisotopic (exact) mass is 419 g/mol. The Kier molecular flexibility index (Phi) is 5.67. The number of hydrogen-bond acceptors (Lipinski definition) is 3. The van der Waals surface area contributed by atoms with Crippen LogP contribution in [0.25, 0.3) is 5.69 Å². The number of benzene rings is 2. The van der Waals surface area contributed by atoms with E-state index in [-0.39, 0.29) is 23.5 Å². The molecule has 0 aliphatic heterocycles. The first-order valence-electron chi connectivity index (χ1n) is 8.85. The fraction of sp³-hybridized carbons (Fsp3) is 0.250. The molecule has 0 aliphatic carbocycles. The van der Waals surface area contributed by atoms with Crippen LogP contribution >= 0.6 is 11.6 Å². The molecule has 1 heterocycles. The van der Waals surface area contributed by atoms with Crippen LogP contribution in [-0.2, 0) is 23.6 Å². The van der Waals surface area contributed by atoms with Crippen LogP contribution in [0.3, 0.4) is 0 Å². The second-order valence-electron chi connectivity index (χ2n) is 6.45. The number of sulfonamides is 1. The average Bonchev–Trinajstić information content (AvgIpc) is 2.89. The van der Waals surface area contributed by atoms with E-state index >= 15 is 0 Å². The van der Waals surface area contributed by atoms with Gasteiger partial charge >= 0.3 is 0 Å². The fourth-order valence-corrected chi connectivity index (χ4v) is 4.47. The van der Waals surface area contributed by atoms with Gasteiger partial charge in [0.15, 0.2) is 0 Å². The summed E-state index contributed by atoms with van der Waals surface area (Å²) in [5, 5.41) is 0.512. The van der Waals surface area contributed by atoms with Crippen molar-refractivity contribution >= 4 is 27.3 Å². The maximum absolute atomic E-state index is 13.3. The van der Waals surface area contributed by atoms with Crippen LogP contribution in [0.15, 0.2) is 59.4 Å². The lowest BCUT2D eigenvalue weighted by atomic mass is 10.2. The summed E-state index contributed by atoms with van der Waals surface area (Å²) in [4.78, 5) is 13.3. The van der Waals surface area contributed by atoms with Crippen LogP contribution in [0.2, 0.25) is 5.02 Å². The van der Waals surface area contributed by atoms with E-state index in [2.05, 4.69) is 0 Å². The molecule has 3 aromatic rings. The van der Waals surface area contributed by atoms with Gasteiger partial charge in [0.25, 0.3) is 5.56 Å². The van der Waals surface area contributed by atoms with E-state index in [4.69, 9.17) is 11.6 Å². The lowest BCUT2D eigenvalue weighted by Gasteiger charge is -2.22. The van der Waals surface area contributed by atoms with Crippen LogP contribution in [0, 0.1) is 6.92 Å². The molecular weight excluding hydrogens is 398 g/mol. The van der Waals surface area contributed by atoms with Crippen molar-refractivity contribution in [1.29, 1.82) is 0 Å². The number of para-hydroxylation sites is 1. The molecule has 0 atom stereocenters. The van der Waals surface area contributed by atoms with E-state index in [9.17, 15) is 13.2 Å². The number of halogens is 1. The second kappa shape index (κ2) is 7.85. The maximum atomic E-state index is 13.3. The van der Waals surface area contributed by atoms with Crippen LogP contribution in [0.4, 0.5) is 5.69 Å². The van der Waals surface area contributed by atoms with Crippen molar-refractivity contribution in [3.8, 4) is 5.69 Å². The van der Waals surface area contributed by atoms with Crippen molar-refractivity contribution in [2.45, 2.75) is 20.4 Å². The predicted octanol–water partition coefficient (Wildman–Crippen LogP) is 3.49. The molecule has 0 saturated carbocycles. The van der Waals surface area contributed by atoms with Gasteiger partial charge in [-0.2, -0.15) is 0 Å². The van der Waals surface area contributed by atoms with Gasteiger partial charge < -0.3 is 0 Å². The number of nitrogens with zero attached hydrogens (tertiary/aromatic N) is 3. The van der Waals surface area contributed by atoms with E-state index in [0.717, 1.165) is 0 Å². The fourth-order valence-electron chi connectivity index (χ4n) is 3.11. The summed E-state index contributed by atoms with van der Waals surface area (Å²) in [6.45, 7) is 3.34. The Hall–Kier alpha value is -2.51. The second-order valence-corrected chi connectivity index (χ2v) is 9.07. The summed E-state index contributed by atoms with van der Waals surface area (Å²) in [5.41, 5.74) is 1.70. The molecule has 0 spiro atoms. The molecule has 0 aliphatic rings. The molecule has 6 nitrogen and oxygen atoms in total. The molecule has 1 aromatic heterocycles. The van der Waals surface area contributed by atoms with Crippen molar-refractivity contribution in [2.24, 2.45) is 7.05 Å². The predicted molar refractivity (Wildman–Crippen MR) is 113 cm³/mol. The number of hydrogen-bond donors (Lipinski definition) is 0. The quantitative estimate of drug-likeness (QED) is 0.614. The van der Waals surface area contributed by atoms with E-state index in [1.54, 1.807) is 62.0 Å². The lowest BCUT2D eigenvalue weighted by molar-refractivity contribution is 0.591. The highest BCUT2D eigenvalue weighted by Crippen LogP contribution is 2.24. The van der Waals surface area contributed by atoms with E-state index < -0.39 is 10.0 Å². The standard InChI is InChI=1S/C20H22ClN3O3S/c1-4-28(26,27)23(14-16-9-8-10-17(21)13-16)19-15(2)22(3)24(20(19)25)18-11-6-5-7-12-18/h5-13H,4,14H2,1-3H3. The van der Waals surface area contributed by atoms with Crippen LogP contribution in [-0.4, -0.2) is 23.5 Å². The third-order valence-corrected chi connectivity index (χ3v) is 6.64. The van der Waals surface area contributed by atoms with Crippen molar-refractivity contribution in [2.75, 3.05) is 10.1 Å². The van der Waals surface area contributed by atoms with Crippen LogP contribution in [0.5, 0.6) is 0 Å². The summed E-state index contributed by atoms with van der Waals surface area (Å²) in [6, 6.07) is 16.1. The SMILES string of the molecule is CCS(=O)(=O)N(Cc1cccc(Cl)c1)c1c(C)n(C)n(-c2ccccc2)c1=O. The van der Waals surface area contributed by atoms with Gasteiger partial charge in [0.05, 0.1) is 23.7 Å². The Morgan fingerprint density at radius 3 is 2.36 bits per heavy atom. The van der Waals surface area contributed by atoms with Crippen molar-refractivity contribution in [3.05, 3.63) is 81.2 Å². The highest BCUT2D eigenvalue weighted by atomic mass is 35.5. The minimum atomic E-state index is -3.69. The molecule has 2 aromatic carbocycles. The van der Waals surface area contributed by atoms with E-state index in [0.29, 0.717) is 22.0 Å². The van der Waals surface area contributed by atoms with Gasteiger partial charge in [-0.05, 0) is 43.7 Å². The molecule has 0 saturated heterocycles. The van der Waals surface area contributed by atoms with Gasteiger partial charge in [0, 0.05) is 12.1 Å². The third-order valence-electron chi connectivity index (χ3n) is 4.69. The molecule has 148 valence electrons. The highest BCUT2D eigenvalue weighted by Gasteiger charge is 2.29. The first-order valence-corrected chi connectivity index (χ1v) is 10.8. The summed E-state index contributed by atoms with van der Waals surface area (Å²) in [7, 11) is -1.95. The molecule has 0 fully saturated rings. The molecule has 0 radical (unpaired) electrons. The maximum Gasteiger partial charge on any atom is 0.296 e. The zero-order valence-electron chi connectivity index (χ0n) is 16.0. The normalized spacial score (nSPS) is 11.6. The minimum absolute atomic E-state index is 0.0333. The average molecular weight is 420 g/mol. The molecule has 0 unspecified atom stereocenters. The molecule has 28 heavy (non-hydrogen) atoms. The molecule has 0 N–H and O–H groups in total.